The number of hydrogen-bond donors (Lipinski definition) is 2. The summed E-state index contributed by atoms with van der Waals surface area (Å²) in [6.07, 6.45) is 0. The number of carbonyl (C=O) groups is 1. The van der Waals surface area contributed by atoms with Crippen LogP contribution < -0.4 is 5.32 Å². The minimum Gasteiger partial charge on any atom is -0.505 e. The third kappa shape index (κ3) is 3.00. The lowest BCUT2D eigenvalue weighted by Gasteiger charge is -2.06. The first kappa shape index (κ1) is 13.3. The summed E-state index contributed by atoms with van der Waals surface area (Å²) in [5, 5.41) is 11.3. The molecule has 2 N–H and O–H groups in total. The highest BCUT2D eigenvalue weighted by Crippen LogP contribution is 2.21. The van der Waals surface area contributed by atoms with Crippen molar-refractivity contribution in [1.82, 2.24) is 0 Å². The van der Waals surface area contributed by atoms with Crippen molar-refractivity contribution >= 4 is 23.2 Å². The van der Waals surface area contributed by atoms with E-state index in [9.17, 15) is 13.6 Å². The van der Waals surface area contributed by atoms with E-state index in [0.29, 0.717) is 0 Å². The normalized spacial score (nSPS) is 10.3. The van der Waals surface area contributed by atoms with Crippen LogP contribution in [0.3, 0.4) is 0 Å². The molecule has 2 rings (SSSR count). The predicted octanol–water partition coefficient (Wildman–Crippen LogP) is 3.58. The number of phenols is 1. The molecular weight excluding hydrogens is 276 g/mol. The van der Waals surface area contributed by atoms with Gasteiger partial charge in [0.15, 0.2) is 11.6 Å². The minimum absolute atomic E-state index is 0.0513. The van der Waals surface area contributed by atoms with Crippen LogP contribution in [0.2, 0.25) is 5.02 Å². The van der Waals surface area contributed by atoms with Crippen LogP contribution in [0, 0.1) is 11.6 Å². The number of hydrogen-bond acceptors (Lipinski definition) is 2. The lowest BCUT2D eigenvalue weighted by atomic mass is 10.2. The van der Waals surface area contributed by atoms with E-state index in [1.54, 1.807) is 0 Å². The lowest BCUT2D eigenvalue weighted by molar-refractivity contribution is 0.102. The monoisotopic (exact) mass is 283 g/mol. The van der Waals surface area contributed by atoms with Gasteiger partial charge in [-0.15, -0.1) is 0 Å². The highest BCUT2D eigenvalue weighted by atomic mass is 35.5. The maximum absolute atomic E-state index is 13.2. The van der Waals surface area contributed by atoms with Crippen LogP contribution in [0.4, 0.5) is 14.5 Å². The molecule has 0 unspecified atom stereocenters. The summed E-state index contributed by atoms with van der Waals surface area (Å²) in [5.41, 5.74) is 0.200. The van der Waals surface area contributed by atoms with E-state index in [1.807, 2.05) is 0 Å². The number of aromatic hydroxyl groups is 1. The molecule has 0 fully saturated rings. The van der Waals surface area contributed by atoms with Gasteiger partial charge in [0, 0.05) is 17.3 Å². The van der Waals surface area contributed by atoms with Crippen molar-refractivity contribution in [3.05, 3.63) is 58.6 Å². The van der Waals surface area contributed by atoms with Gasteiger partial charge in [-0.05, 0) is 30.3 Å². The molecule has 0 bridgehead atoms. The molecule has 0 spiro atoms. The van der Waals surface area contributed by atoms with Crippen molar-refractivity contribution < 1.29 is 18.7 Å². The third-order valence-electron chi connectivity index (χ3n) is 2.39. The molecule has 1 amide bonds. The molecule has 19 heavy (non-hydrogen) atoms. The largest absolute Gasteiger partial charge is 0.505 e. The molecule has 0 atom stereocenters. The maximum Gasteiger partial charge on any atom is 0.255 e. The van der Waals surface area contributed by atoms with Crippen LogP contribution in [0.1, 0.15) is 10.4 Å². The average Bonchev–Trinajstić information content (AvgIpc) is 2.37. The quantitative estimate of drug-likeness (QED) is 0.828. The third-order valence-corrected chi connectivity index (χ3v) is 2.69. The van der Waals surface area contributed by atoms with Gasteiger partial charge in [-0.1, -0.05) is 11.6 Å². The Bertz CT molecular complexity index is 647. The molecule has 98 valence electrons. The lowest BCUT2D eigenvalue weighted by Crippen LogP contribution is -2.12. The van der Waals surface area contributed by atoms with Crippen LogP contribution in [-0.2, 0) is 0 Å². The summed E-state index contributed by atoms with van der Waals surface area (Å²) in [6.45, 7) is 0. The van der Waals surface area contributed by atoms with Crippen LogP contribution in [0.5, 0.6) is 5.75 Å². The standard InChI is InChI=1S/C13H8ClF2NO2/c14-9-3-1-7(5-10(9)15)13(19)17-8-2-4-12(18)11(16)6-8/h1-6,18H,(H,17,19). The molecular formula is C13H8ClF2NO2. The number of halogens is 3. The molecule has 0 aliphatic rings. The molecule has 0 saturated carbocycles. The SMILES string of the molecule is O=C(Nc1ccc(O)c(F)c1)c1ccc(Cl)c(F)c1. The molecule has 0 radical (unpaired) electrons. The molecule has 2 aromatic rings. The summed E-state index contributed by atoms with van der Waals surface area (Å²) in [4.78, 5) is 11.8. The average molecular weight is 284 g/mol. The number of carbonyl (C=O) groups excluding carboxylic acids is 1. The van der Waals surface area contributed by atoms with E-state index in [0.717, 1.165) is 18.2 Å². The highest BCUT2D eigenvalue weighted by molar-refractivity contribution is 6.30. The first-order valence-electron chi connectivity index (χ1n) is 5.22. The Kier molecular flexibility index (Phi) is 3.66. The summed E-state index contributed by atoms with van der Waals surface area (Å²) in [5.74, 6) is -2.71. The summed E-state index contributed by atoms with van der Waals surface area (Å²) in [6, 6.07) is 6.96. The Labute approximate surface area is 112 Å². The van der Waals surface area contributed by atoms with Gasteiger partial charge >= 0.3 is 0 Å². The molecule has 0 aromatic heterocycles. The van der Waals surface area contributed by atoms with Gasteiger partial charge in [-0.3, -0.25) is 4.79 Å². The van der Waals surface area contributed by atoms with Gasteiger partial charge in [0.2, 0.25) is 0 Å². The number of anilines is 1. The van der Waals surface area contributed by atoms with E-state index in [1.165, 1.54) is 18.2 Å². The fourth-order valence-electron chi connectivity index (χ4n) is 1.43. The van der Waals surface area contributed by atoms with Crippen molar-refractivity contribution in [3.8, 4) is 5.75 Å². The Morgan fingerprint density at radius 2 is 1.84 bits per heavy atom. The molecule has 0 heterocycles. The van der Waals surface area contributed by atoms with Crippen molar-refractivity contribution in [2.24, 2.45) is 0 Å². The molecule has 0 saturated heterocycles. The van der Waals surface area contributed by atoms with E-state index in [4.69, 9.17) is 16.7 Å². The maximum atomic E-state index is 13.2. The van der Waals surface area contributed by atoms with Crippen molar-refractivity contribution in [3.63, 3.8) is 0 Å². The van der Waals surface area contributed by atoms with Crippen LogP contribution in [0.25, 0.3) is 0 Å². The summed E-state index contributed by atoms with van der Waals surface area (Å²) < 4.78 is 26.3. The zero-order valence-corrected chi connectivity index (χ0v) is 10.2. The molecule has 0 aliphatic heterocycles. The number of phenolic OH excluding ortho intramolecular Hbond substituents is 1. The van der Waals surface area contributed by atoms with Gasteiger partial charge in [0.1, 0.15) is 5.82 Å². The van der Waals surface area contributed by atoms with Gasteiger partial charge in [0.25, 0.3) is 5.91 Å². The number of benzene rings is 2. The number of rotatable bonds is 2. The van der Waals surface area contributed by atoms with E-state index < -0.39 is 23.3 Å². The second kappa shape index (κ2) is 5.24. The summed E-state index contributed by atoms with van der Waals surface area (Å²) in [7, 11) is 0. The Morgan fingerprint density at radius 1 is 1.11 bits per heavy atom. The molecule has 0 aliphatic carbocycles. The van der Waals surface area contributed by atoms with Gasteiger partial charge < -0.3 is 10.4 Å². The molecule has 2 aromatic carbocycles. The molecule has 3 nitrogen and oxygen atoms in total. The van der Waals surface area contributed by atoms with Crippen molar-refractivity contribution in [2.45, 2.75) is 0 Å². The van der Waals surface area contributed by atoms with Gasteiger partial charge in [-0.2, -0.15) is 0 Å². The fraction of sp³-hybridized carbons (Fsp3) is 0. The van der Waals surface area contributed by atoms with Gasteiger partial charge in [0.05, 0.1) is 5.02 Å². The number of amides is 1. The van der Waals surface area contributed by atoms with E-state index >= 15 is 0 Å². The Hall–Kier alpha value is -2.14. The van der Waals surface area contributed by atoms with E-state index in [-0.39, 0.29) is 16.3 Å². The predicted molar refractivity (Wildman–Crippen MR) is 67.4 cm³/mol. The number of nitrogens with one attached hydrogen (secondary N) is 1. The Balaban J connectivity index is 2.20. The first-order valence-corrected chi connectivity index (χ1v) is 5.60. The van der Waals surface area contributed by atoms with E-state index in [2.05, 4.69) is 5.32 Å². The molecule has 6 heteroatoms. The zero-order chi connectivity index (χ0) is 14.0. The van der Waals surface area contributed by atoms with Crippen LogP contribution in [0.15, 0.2) is 36.4 Å². The minimum atomic E-state index is -0.861. The highest BCUT2D eigenvalue weighted by Gasteiger charge is 2.10. The smallest absolute Gasteiger partial charge is 0.255 e. The van der Waals surface area contributed by atoms with Crippen LogP contribution >= 0.6 is 11.6 Å². The van der Waals surface area contributed by atoms with Crippen molar-refractivity contribution in [2.75, 3.05) is 5.32 Å². The topological polar surface area (TPSA) is 49.3 Å². The van der Waals surface area contributed by atoms with Gasteiger partial charge in [-0.25, -0.2) is 8.78 Å². The second-order valence-corrected chi connectivity index (χ2v) is 4.16. The second-order valence-electron chi connectivity index (χ2n) is 3.75. The Morgan fingerprint density at radius 3 is 2.47 bits per heavy atom. The van der Waals surface area contributed by atoms with Crippen LogP contribution in [-0.4, -0.2) is 11.0 Å². The summed E-state index contributed by atoms with van der Waals surface area (Å²) >= 11 is 5.50. The van der Waals surface area contributed by atoms with Crippen molar-refractivity contribution in [1.29, 1.82) is 0 Å². The first-order chi connectivity index (χ1) is 8.97. The zero-order valence-electron chi connectivity index (χ0n) is 9.45. The fourth-order valence-corrected chi connectivity index (χ4v) is 1.54.